The van der Waals surface area contributed by atoms with Crippen LogP contribution in [0, 0.1) is 0 Å². The molecule has 17 rings (SSSR count). The van der Waals surface area contributed by atoms with E-state index in [1.807, 2.05) is 0 Å². The summed E-state index contributed by atoms with van der Waals surface area (Å²) in [5, 5.41) is 16.0. The van der Waals surface area contributed by atoms with E-state index in [1.54, 1.807) is 0 Å². The molecular weight excluding hydrogens is 746 g/mol. The van der Waals surface area contributed by atoms with E-state index in [9.17, 15) is 0 Å². The Balaban J connectivity index is 1.12. The van der Waals surface area contributed by atoms with E-state index in [-0.39, 0.29) is 13.4 Å². The number of nitrogens with zero attached hydrogens (tertiary/aromatic N) is 2. The molecule has 4 aliphatic rings. The largest absolute Gasteiger partial charge is 0.310 e. The average Bonchev–Trinajstić information content (AvgIpc) is 4.08. The lowest BCUT2D eigenvalue weighted by Gasteiger charge is -2.31. The number of rotatable bonds is 0. The molecule has 4 heteroatoms. The quantitative estimate of drug-likeness (QED) is 0.136. The zero-order chi connectivity index (χ0) is 39.7. The van der Waals surface area contributed by atoms with Gasteiger partial charge in [-0.15, -0.1) is 0 Å². The molecule has 278 valence electrons. The Labute approximate surface area is 356 Å². The van der Waals surface area contributed by atoms with Crippen LogP contribution in [0.3, 0.4) is 0 Å². The molecule has 2 aromatic heterocycles. The Morgan fingerprint density at radius 2 is 0.694 bits per heavy atom. The van der Waals surface area contributed by atoms with Crippen LogP contribution in [0.5, 0.6) is 0 Å². The van der Waals surface area contributed by atoms with Gasteiger partial charge < -0.3 is 9.13 Å². The Bertz CT molecular complexity index is 4080. The van der Waals surface area contributed by atoms with Gasteiger partial charge in [0.15, 0.2) is 0 Å². The van der Waals surface area contributed by atoms with Crippen LogP contribution in [-0.2, 0) is 0 Å². The molecule has 0 atom stereocenters. The predicted molar refractivity (Wildman–Crippen MR) is 265 cm³/mol. The lowest BCUT2D eigenvalue weighted by atomic mass is 9.35. The van der Waals surface area contributed by atoms with Crippen molar-refractivity contribution in [3.05, 3.63) is 182 Å². The maximum Gasteiger partial charge on any atom is 0.248 e. The molecule has 0 radical (unpaired) electrons. The summed E-state index contributed by atoms with van der Waals surface area (Å²) >= 11 is 0. The van der Waals surface area contributed by atoms with Gasteiger partial charge in [0.25, 0.3) is 0 Å². The van der Waals surface area contributed by atoms with E-state index in [2.05, 4.69) is 191 Å². The first-order valence-electron chi connectivity index (χ1n) is 22.0. The maximum atomic E-state index is 2.69. The van der Waals surface area contributed by atoms with Crippen molar-refractivity contribution in [2.24, 2.45) is 0 Å². The lowest BCUT2D eigenvalue weighted by Crippen LogP contribution is -2.57. The van der Waals surface area contributed by atoms with E-state index in [4.69, 9.17) is 0 Å². The number of fused-ring (bicyclic) bond motifs is 28. The Morgan fingerprint density at radius 1 is 0.306 bits per heavy atom. The fourth-order valence-electron chi connectivity index (χ4n) is 13.5. The molecule has 0 spiro atoms. The molecule has 13 aromatic rings. The summed E-state index contributed by atoms with van der Waals surface area (Å²) in [6.07, 6.45) is 0. The van der Waals surface area contributed by atoms with E-state index in [1.165, 1.54) is 153 Å². The third-order valence-corrected chi connectivity index (χ3v) is 15.6. The van der Waals surface area contributed by atoms with Crippen molar-refractivity contribution >= 4 is 133 Å². The van der Waals surface area contributed by atoms with E-state index in [0.717, 1.165) is 0 Å². The smallest absolute Gasteiger partial charge is 0.248 e. The molecule has 0 unspecified atom stereocenters. The van der Waals surface area contributed by atoms with Gasteiger partial charge in [-0.2, -0.15) is 0 Å². The van der Waals surface area contributed by atoms with Crippen LogP contribution < -0.4 is 32.8 Å². The molecule has 0 N–H and O–H groups in total. The van der Waals surface area contributed by atoms with Crippen molar-refractivity contribution in [2.75, 3.05) is 0 Å². The van der Waals surface area contributed by atoms with Crippen molar-refractivity contribution in [3.63, 3.8) is 0 Å². The third-order valence-electron chi connectivity index (χ3n) is 15.6. The van der Waals surface area contributed by atoms with Gasteiger partial charge in [0.05, 0.1) is 22.1 Å². The summed E-state index contributed by atoms with van der Waals surface area (Å²) in [6.45, 7) is 0.193. The molecule has 0 aliphatic carbocycles. The standard InChI is InChI=1S/C58H30B2N2/c1-3-15-33-31(13-1)25-27-45-51(33)53-37-19-7-5-17-35(37)49-39-21-9-11-23-41(39)59-43-30-48-44(29-47(43)61(45)57(53)55(49)59)60-42-24-12-10-22-40(42)50-36-18-6-8-20-38(36)54-52-34-16-4-2-14-32(34)26-28-46(52)62(48)58(54)56(50)60/h1-30H. The summed E-state index contributed by atoms with van der Waals surface area (Å²) in [6, 6.07) is 69.8. The molecule has 2 nitrogen and oxygen atoms in total. The van der Waals surface area contributed by atoms with Gasteiger partial charge in [-0.3, -0.25) is 0 Å². The first-order valence-corrected chi connectivity index (χ1v) is 22.0. The fourth-order valence-corrected chi connectivity index (χ4v) is 13.5. The summed E-state index contributed by atoms with van der Waals surface area (Å²) in [4.78, 5) is 0. The van der Waals surface area contributed by atoms with Crippen LogP contribution in [0.4, 0.5) is 0 Å². The zero-order valence-electron chi connectivity index (χ0n) is 33.4. The molecule has 0 fully saturated rings. The maximum absolute atomic E-state index is 2.69. The first-order chi connectivity index (χ1) is 30.8. The average molecular weight is 777 g/mol. The van der Waals surface area contributed by atoms with Gasteiger partial charge in [-0.1, -0.05) is 169 Å². The van der Waals surface area contributed by atoms with E-state index >= 15 is 0 Å². The van der Waals surface area contributed by atoms with Crippen molar-refractivity contribution in [2.45, 2.75) is 0 Å². The molecule has 62 heavy (non-hydrogen) atoms. The molecular formula is C58H30B2N2. The fraction of sp³-hybridized carbons (Fsp3) is 0. The highest BCUT2D eigenvalue weighted by Crippen LogP contribution is 2.48. The second-order valence-electron chi connectivity index (χ2n) is 18.2. The van der Waals surface area contributed by atoms with Crippen molar-refractivity contribution in [1.82, 2.24) is 9.13 Å². The third kappa shape index (κ3) is 3.28. The molecule has 11 aromatic carbocycles. The summed E-state index contributed by atoms with van der Waals surface area (Å²) in [5.74, 6) is 0. The summed E-state index contributed by atoms with van der Waals surface area (Å²) in [5.41, 5.74) is 21.9. The van der Waals surface area contributed by atoms with Gasteiger partial charge in [-0.05, 0) is 111 Å². The predicted octanol–water partition coefficient (Wildman–Crippen LogP) is 10.1. The van der Waals surface area contributed by atoms with Gasteiger partial charge >= 0.3 is 0 Å². The summed E-state index contributed by atoms with van der Waals surface area (Å²) in [7, 11) is 0. The van der Waals surface area contributed by atoms with Crippen LogP contribution in [0.2, 0.25) is 0 Å². The van der Waals surface area contributed by atoms with E-state index < -0.39 is 0 Å². The summed E-state index contributed by atoms with van der Waals surface area (Å²) < 4.78 is 5.38. The van der Waals surface area contributed by atoms with Gasteiger partial charge in [0, 0.05) is 32.9 Å². The second kappa shape index (κ2) is 10.4. The number of aromatic nitrogens is 2. The minimum absolute atomic E-state index is 0.0965. The Hall–Kier alpha value is -7.81. The van der Waals surface area contributed by atoms with E-state index in [0.29, 0.717) is 0 Å². The lowest BCUT2D eigenvalue weighted by molar-refractivity contribution is 1.16. The highest BCUT2D eigenvalue weighted by molar-refractivity contribution is 7.04. The van der Waals surface area contributed by atoms with Crippen LogP contribution >= 0.6 is 0 Å². The normalized spacial score (nSPS) is 13.7. The zero-order valence-corrected chi connectivity index (χ0v) is 33.4. The topological polar surface area (TPSA) is 9.86 Å². The Morgan fingerprint density at radius 3 is 1.16 bits per heavy atom. The number of hydrogen-bond donors (Lipinski definition) is 0. The minimum Gasteiger partial charge on any atom is -0.310 e. The first kappa shape index (κ1) is 31.1. The van der Waals surface area contributed by atoms with Crippen LogP contribution in [0.1, 0.15) is 0 Å². The molecule has 0 amide bonds. The van der Waals surface area contributed by atoms with Gasteiger partial charge in [-0.25, -0.2) is 0 Å². The van der Waals surface area contributed by atoms with Crippen molar-refractivity contribution in [1.29, 1.82) is 0 Å². The van der Waals surface area contributed by atoms with Crippen molar-refractivity contribution in [3.8, 4) is 33.6 Å². The molecule has 4 aliphatic heterocycles. The van der Waals surface area contributed by atoms with Crippen LogP contribution in [-0.4, -0.2) is 22.6 Å². The van der Waals surface area contributed by atoms with Crippen molar-refractivity contribution < 1.29 is 0 Å². The SMILES string of the molecule is c1ccc2c(c1)B1c3cc4c(cc3-n3c5ccc6ccccc6c5c5c6ccccc6c-2c1c53)B1c2ccccc2-c2c1c1c(c3ccccc23)c2c3ccccc3ccc2n1-4. The highest BCUT2D eigenvalue weighted by atomic mass is 15.0. The molecule has 0 saturated heterocycles. The molecule has 0 bridgehead atoms. The van der Waals surface area contributed by atoms with Crippen LogP contribution in [0.25, 0.3) is 120 Å². The van der Waals surface area contributed by atoms with Crippen LogP contribution in [0.15, 0.2) is 182 Å². The van der Waals surface area contributed by atoms with Gasteiger partial charge in [0.2, 0.25) is 13.4 Å². The number of benzene rings is 11. The monoisotopic (exact) mass is 776 g/mol. The van der Waals surface area contributed by atoms with Gasteiger partial charge in [0.1, 0.15) is 0 Å². The minimum atomic E-state index is 0.0965. The Kier molecular flexibility index (Phi) is 5.21. The highest BCUT2D eigenvalue weighted by Gasteiger charge is 2.47. The molecule has 6 heterocycles. The molecule has 0 saturated carbocycles. The second-order valence-corrected chi connectivity index (χ2v) is 18.2. The number of hydrogen-bond acceptors (Lipinski definition) is 0.